The summed E-state index contributed by atoms with van der Waals surface area (Å²) in [7, 11) is 0. The third-order valence-electron chi connectivity index (χ3n) is 4.24. The Bertz CT molecular complexity index is 365. The fraction of sp³-hybridized carbons (Fsp3) is 0.875. The van der Waals surface area contributed by atoms with Crippen LogP contribution in [0.25, 0.3) is 0 Å². The van der Waals surface area contributed by atoms with Crippen molar-refractivity contribution in [2.45, 2.75) is 46.7 Å². The molecule has 1 saturated heterocycles. The van der Waals surface area contributed by atoms with Crippen LogP contribution in [0.4, 0.5) is 0 Å². The molecule has 2 amide bonds. The molecule has 1 atom stereocenters. The van der Waals surface area contributed by atoms with Crippen molar-refractivity contribution in [3.05, 3.63) is 0 Å². The summed E-state index contributed by atoms with van der Waals surface area (Å²) in [5.74, 6) is 0.113. The Morgan fingerprint density at radius 3 is 2.14 bits per heavy atom. The number of rotatable bonds is 7. The van der Waals surface area contributed by atoms with Crippen LogP contribution in [0.15, 0.2) is 0 Å². The molecule has 6 heteroatoms. The molecule has 0 spiro atoms. The van der Waals surface area contributed by atoms with Crippen LogP contribution >= 0.6 is 0 Å². The van der Waals surface area contributed by atoms with Crippen molar-refractivity contribution in [2.75, 3.05) is 45.8 Å². The van der Waals surface area contributed by atoms with Crippen LogP contribution in [0, 0.1) is 0 Å². The summed E-state index contributed by atoms with van der Waals surface area (Å²) in [4.78, 5) is 30.8. The summed E-state index contributed by atoms with van der Waals surface area (Å²) in [5, 5.41) is 2.88. The molecule has 0 aliphatic carbocycles. The van der Waals surface area contributed by atoms with Gasteiger partial charge >= 0.3 is 0 Å². The molecule has 0 saturated carbocycles. The summed E-state index contributed by atoms with van der Waals surface area (Å²) in [5.41, 5.74) is 0. The molecule has 0 aromatic heterocycles. The first-order valence-electron chi connectivity index (χ1n) is 8.43. The Morgan fingerprint density at radius 1 is 1.09 bits per heavy atom. The van der Waals surface area contributed by atoms with Crippen molar-refractivity contribution < 1.29 is 9.59 Å². The van der Waals surface area contributed by atoms with Crippen molar-refractivity contribution in [3.8, 4) is 0 Å². The third-order valence-corrected chi connectivity index (χ3v) is 4.24. The molecular formula is C16H32N4O2. The normalized spacial score (nSPS) is 17.9. The lowest BCUT2D eigenvalue weighted by molar-refractivity contribution is -0.139. The van der Waals surface area contributed by atoms with Crippen molar-refractivity contribution in [3.63, 3.8) is 0 Å². The van der Waals surface area contributed by atoms with Crippen LogP contribution in [0.2, 0.25) is 0 Å². The molecule has 1 aliphatic rings. The van der Waals surface area contributed by atoms with Crippen molar-refractivity contribution in [1.29, 1.82) is 0 Å². The average molecular weight is 312 g/mol. The van der Waals surface area contributed by atoms with Crippen LogP contribution in [0.1, 0.15) is 34.6 Å². The van der Waals surface area contributed by atoms with E-state index in [9.17, 15) is 9.59 Å². The maximum atomic E-state index is 12.6. The number of piperazine rings is 1. The number of hydrogen-bond acceptors (Lipinski definition) is 4. The Morgan fingerprint density at radius 2 is 1.68 bits per heavy atom. The lowest BCUT2D eigenvalue weighted by Gasteiger charge is -2.37. The van der Waals surface area contributed by atoms with Gasteiger partial charge in [-0.3, -0.25) is 14.5 Å². The number of nitrogens with zero attached hydrogens (tertiary/aromatic N) is 3. The first-order chi connectivity index (χ1) is 10.4. The molecule has 22 heavy (non-hydrogen) atoms. The SMILES string of the molecule is CCN1CCN(C(=O)C(C)N(CC)CC(=O)NC(C)C)CC1. The third kappa shape index (κ3) is 5.57. The lowest BCUT2D eigenvalue weighted by atomic mass is 10.2. The summed E-state index contributed by atoms with van der Waals surface area (Å²) >= 11 is 0. The van der Waals surface area contributed by atoms with E-state index in [4.69, 9.17) is 0 Å². The second-order valence-electron chi connectivity index (χ2n) is 6.22. The highest BCUT2D eigenvalue weighted by Crippen LogP contribution is 2.08. The van der Waals surface area contributed by atoms with Crippen molar-refractivity contribution in [2.24, 2.45) is 0 Å². The van der Waals surface area contributed by atoms with Crippen LogP contribution in [0.5, 0.6) is 0 Å². The molecule has 1 heterocycles. The van der Waals surface area contributed by atoms with Crippen LogP contribution in [-0.2, 0) is 9.59 Å². The van der Waals surface area contributed by atoms with Gasteiger partial charge in [0.05, 0.1) is 12.6 Å². The van der Waals surface area contributed by atoms with E-state index in [1.807, 2.05) is 37.5 Å². The number of carbonyl (C=O) groups excluding carboxylic acids is 2. The lowest BCUT2D eigenvalue weighted by Crippen LogP contribution is -2.55. The molecule has 0 aromatic carbocycles. The van der Waals surface area contributed by atoms with E-state index in [1.165, 1.54) is 0 Å². The number of carbonyl (C=O) groups is 2. The van der Waals surface area contributed by atoms with Crippen LogP contribution in [0.3, 0.4) is 0 Å². The second kappa shape index (κ2) is 9.10. The zero-order valence-electron chi connectivity index (χ0n) is 14.8. The van der Waals surface area contributed by atoms with Crippen molar-refractivity contribution in [1.82, 2.24) is 20.0 Å². The zero-order chi connectivity index (χ0) is 16.7. The molecule has 1 rings (SSSR count). The summed E-state index contributed by atoms with van der Waals surface area (Å²) in [6.45, 7) is 15.4. The molecule has 128 valence electrons. The predicted molar refractivity (Wildman–Crippen MR) is 88.7 cm³/mol. The van der Waals surface area contributed by atoms with E-state index >= 15 is 0 Å². The van der Waals surface area contributed by atoms with Gasteiger partial charge in [-0.15, -0.1) is 0 Å². The molecule has 0 aromatic rings. The van der Waals surface area contributed by atoms with E-state index < -0.39 is 0 Å². The molecule has 6 nitrogen and oxygen atoms in total. The standard InChI is InChI=1S/C16H32N4O2/c1-6-18-8-10-20(11-9-18)16(22)14(5)19(7-2)12-15(21)17-13(3)4/h13-14H,6-12H2,1-5H3,(H,17,21). The number of amides is 2. The Balaban J connectivity index is 2.54. The van der Waals surface area contributed by atoms with Gasteiger partial charge < -0.3 is 15.1 Å². The first kappa shape index (κ1) is 18.9. The predicted octanol–water partition coefficient (Wildman–Crippen LogP) is 0.386. The molecule has 1 unspecified atom stereocenters. The number of hydrogen-bond donors (Lipinski definition) is 1. The highest BCUT2D eigenvalue weighted by Gasteiger charge is 2.28. The van der Waals surface area contributed by atoms with Gasteiger partial charge in [0.25, 0.3) is 0 Å². The molecule has 0 bridgehead atoms. The maximum Gasteiger partial charge on any atom is 0.239 e. The highest BCUT2D eigenvalue weighted by molar-refractivity contribution is 5.83. The van der Waals surface area contributed by atoms with Crippen molar-refractivity contribution >= 4 is 11.8 Å². The molecule has 0 radical (unpaired) electrons. The largest absolute Gasteiger partial charge is 0.353 e. The van der Waals surface area contributed by atoms with Gasteiger partial charge in [-0.1, -0.05) is 13.8 Å². The molecule has 1 N–H and O–H groups in total. The summed E-state index contributed by atoms with van der Waals surface area (Å²) in [6, 6.07) is -0.129. The Hall–Kier alpha value is -1.14. The smallest absolute Gasteiger partial charge is 0.239 e. The zero-order valence-corrected chi connectivity index (χ0v) is 14.8. The average Bonchev–Trinajstić information content (AvgIpc) is 2.50. The summed E-state index contributed by atoms with van der Waals surface area (Å²) in [6.07, 6.45) is 0. The van der Waals surface area contributed by atoms with E-state index in [0.717, 1.165) is 32.7 Å². The first-order valence-corrected chi connectivity index (χ1v) is 8.43. The quantitative estimate of drug-likeness (QED) is 0.739. The Kier molecular flexibility index (Phi) is 7.82. The van der Waals surface area contributed by atoms with E-state index in [1.54, 1.807) is 0 Å². The minimum atomic E-state index is -0.254. The maximum absolute atomic E-state index is 12.6. The topological polar surface area (TPSA) is 55.9 Å². The Labute approximate surface area is 134 Å². The van der Waals surface area contributed by atoms with E-state index in [2.05, 4.69) is 17.1 Å². The molecular weight excluding hydrogens is 280 g/mol. The van der Waals surface area contributed by atoms with Crippen LogP contribution < -0.4 is 5.32 Å². The minimum absolute atomic E-state index is 0.0210. The van der Waals surface area contributed by atoms with Gasteiger partial charge in [-0.2, -0.15) is 0 Å². The van der Waals surface area contributed by atoms with Gasteiger partial charge in [0, 0.05) is 32.2 Å². The van der Waals surface area contributed by atoms with E-state index in [0.29, 0.717) is 6.54 Å². The monoisotopic (exact) mass is 312 g/mol. The fourth-order valence-corrected chi connectivity index (χ4v) is 2.78. The molecule has 1 aliphatic heterocycles. The number of likely N-dealkylation sites (N-methyl/N-ethyl adjacent to an activating group) is 2. The van der Waals surface area contributed by atoms with Gasteiger partial charge in [-0.25, -0.2) is 0 Å². The van der Waals surface area contributed by atoms with Gasteiger partial charge in [0.2, 0.25) is 11.8 Å². The van der Waals surface area contributed by atoms with Gasteiger partial charge in [-0.05, 0) is 33.9 Å². The minimum Gasteiger partial charge on any atom is -0.353 e. The van der Waals surface area contributed by atoms with Gasteiger partial charge in [0.1, 0.15) is 0 Å². The summed E-state index contributed by atoms with van der Waals surface area (Å²) < 4.78 is 0. The van der Waals surface area contributed by atoms with Gasteiger partial charge in [0.15, 0.2) is 0 Å². The van der Waals surface area contributed by atoms with Crippen LogP contribution in [-0.4, -0.2) is 84.4 Å². The molecule has 1 fully saturated rings. The fourth-order valence-electron chi connectivity index (χ4n) is 2.78. The number of nitrogens with one attached hydrogen (secondary N) is 1. The highest BCUT2D eigenvalue weighted by atomic mass is 16.2. The van der Waals surface area contributed by atoms with E-state index in [-0.39, 0.29) is 30.4 Å². The second-order valence-corrected chi connectivity index (χ2v) is 6.22.